The van der Waals surface area contributed by atoms with Gasteiger partial charge in [-0.2, -0.15) is 0 Å². The summed E-state index contributed by atoms with van der Waals surface area (Å²) in [6.07, 6.45) is 1.88. The summed E-state index contributed by atoms with van der Waals surface area (Å²) in [6, 6.07) is 0. The molecular weight excluding hydrogens is 182 g/mol. The molecule has 1 fully saturated rings. The summed E-state index contributed by atoms with van der Waals surface area (Å²) in [5.74, 6) is 0. The van der Waals surface area contributed by atoms with E-state index in [-0.39, 0.29) is 12.2 Å². The summed E-state index contributed by atoms with van der Waals surface area (Å²) in [4.78, 5) is 13.2. The Balaban J connectivity index is 2.30. The van der Waals surface area contributed by atoms with Gasteiger partial charge in [0.1, 0.15) is 0 Å². The summed E-state index contributed by atoms with van der Waals surface area (Å²) >= 11 is 0. The number of hydrogen-bond acceptors (Lipinski definition) is 3. The van der Waals surface area contributed by atoms with Gasteiger partial charge < -0.3 is 14.4 Å². The van der Waals surface area contributed by atoms with Crippen LogP contribution in [0.1, 0.15) is 26.7 Å². The maximum atomic E-state index is 11.5. The summed E-state index contributed by atoms with van der Waals surface area (Å²) < 4.78 is 10.3. The van der Waals surface area contributed by atoms with E-state index < -0.39 is 0 Å². The highest BCUT2D eigenvalue weighted by Gasteiger charge is 2.23. The molecule has 4 heteroatoms. The molecule has 0 N–H and O–H groups in total. The second-order valence-electron chi connectivity index (χ2n) is 3.85. The molecule has 0 saturated carbocycles. The Hall–Kier alpha value is -0.770. The summed E-state index contributed by atoms with van der Waals surface area (Å²) in [7, 11) is 1.72. The lowest BCUT2D eigenvalue weighted by atomic mass is 10.1. The van der Waals surface area contributed by atoms with Gasteiger partial charge in [-0.05, 0) is 26.7 Å². The van der Waals surface area contributed by atoms with E-state index in [2.05, 4.69) is 0 Å². The van der Waals surface area contributed by atoms with Gasteiger partial charge in [0, 0.05) is 20.2 Å². The normalized spacial score (nSPS) is 18.7. The van der Waals surface area contributed by atoms with Crippen LogP contribution in [0.4, 0.5) is 4.79 Å². The van der Waals surface area contributed by atoms with Crippen molar-refractivity contribution in [3.8, 4) is 0 Å². The van der Waals surface area contributed by atoms with Crippen molar-refractivity contribution in [2.24, 2.45) is 0 Å². The summed E-state index contributed by atoms with van der Waals surface area (Å²) in [6.45, 7) is 5.20. The molecule has 0 aromatic heterocycles. The number of likely N-dealkylation sites (tertiary alicyclic amines) is 1. The first-order chi connectivity index (χ1) is 6.63. The first kappa shape index (κ1) is 11.3. The molecule has 0 radical (unpaired) electrons. The molecule has 1 rings (SSSR count). The highest BCUT2D eigenvalue weighted by molar-refractivity contribution is 5.67. The molecule has 0 atom stereocenters. The maximum absolute atomic E-state index is 11.5. The average Bonchev–Trinajstić information content (AvgIpc) is 2.17. The van der Waals surface area contributed by atoms with Gasteiger partial charge in [0.25, 0.3) is 0 Å². The SMILES string of the molecule is COC1CCN(C(=O)OC(C)C)CC1. The van der Waals surface area contributed by atoms with Crippen molar-refractivity contribution in [3.05, 3.63) is 0 Å². The molecule has 1 heterocycles. The molecular formula is C10H19NO3. The van der Waals surface area contributed by atoms with Crippen LogP contribution in [0.2, 0.25) is 0 Å². The van der Waals surface area contributed by atoms with Crippen molar-refractivity contribution < 1.29 is 14.3 Å². The van der Waals surface area contributed by atoms with Crippen LogP contribution in [-0.4, -0.2) is 43.4 Å². The fraction of sp³-hybridized carbons (Fsp3) is 0.900. The van der Waals surface area contributed by atoms with Crippen molar-refractivity contribution in [2.75, 3.05) is 20.2 Å². The van der Waals surface area contributed by atoms with Crippen LogP contribution in [0.15, 0.2) is 0 Å². The van der Waals surface area contributed by atoms with Gasteiger partial charge in [0.15, 0.2) is 0 Å². The second-order valence-corrected chi connectivity index (χ2v) is 3.85. The zero-order chi connectivity index (χ0) is 10.6. The van der Waals surface area contributed by atoms with Crippen molar-refractivity contribution in [3.63, 3.8) is 0 Å². The van der Waals surface area contributed by atoms with Crippen LogP contribution in [0.5, 0.6) is 0 Å². The largest absolute Gasteiger partial charge is 0.447 e. The molecule has 1 amide bonds. The molecule has 1 aliphatic rings. The van der Waals surface area contributed by atoms with E-state index >= 15 is 0 Å². The van der Waals surface area contributed by atoms with Crippen LogP contribution in [0.25, 0.3) is 0 Å². The minimum atomic E-state index is -0.199. The number of amides is 1. The zero-order valence-electron chi connectivity index (χ0n) is 9.16. The number of carbonyl (C=O) groups is 1. The van der Waals surface area contributed by atoms with Crippen LogP contribution in [-0.2, 0) is 9.47 Å². The third-order valence-electron chi connectivity index (χ3n) is 2.37. The number of carbonyl (C=O) groups excluding carboxylic acids is 1. The van der Waals surface area contributed by atoms with Crippen LogP contribution in [0.3, 0.4) is 0 Å². The molecule has 82 valence electrons. The first-order valence-corrected chi connectivity index (χ1v) is 5.12. The fourth-order valence-electron chi connectivity index (χ4n) is 1.55. The Morgan fingerprint density at radius 1 is 1.36 bits per heavy atom. The van der Waals surface area contributed by atoms with E-state index in [9.17, 15) is 4.79 Å². The smallest absolute Gasteiger partial charge is 0.410 e. The number of ether oxygens (including phenoxy) is 2. The lowest BCUT2D eigenvalue weighted by molar-refractivity contribution is 0.0261. The Morgan fingerprint density at radius 2 is 1.93 bits per heavy atom. The Labute approximate surface area is 85.2 Å². The quantitative estimate of drug-likeness (QED) is 0.681. The van der Waals surface area contributed by atoms with Crippen molar-refractivity contribution in [1.82, 2.24) is 4.90 Å². The number of nitrogens with zero attached hydrogens (tertiary/aromatic N) is 1. The minimum Gasteiger partial charge on any atom is -0.447 e. The van der Waals surface area contributed by atoms with Gasteiger partial charge in [-0.25, -0.2) is 4.79 Å². The van der Waals surface area contributed by atoms with E-state index in [1.807, 2.05) is 13.8 Å². The lowest BCUT2D eigenvalue weighted by Crippen LogP contribution is -2.41. The first-order valence-electron chi connectivity index (χ1n) is 5.12. The third kappa shape index (κ3) is 3.18. The van der Waals surface area contributed by atoms with Crippen LogP contribution < -0.4 is 0 Å². The van der Waals surface area contributed by atoms with E-state index in [1.54, 1.807) is 12.0 Å². The molecule has 0 aromatic carbocycles. The number of piperidine rings is 1. The van der Waals surface area contributed by atoms with Gasteiger partial charge in [0.2, 0.25) is 0 Å². The predicted molar refractivity (Wildman–Crippen MR) is 53.2 cm³/mol. The Morgan fingerprint density at radius 3 is 2.36 bits per heavy atom. The van der Waals surface area contributed by atoms with Crippen LogP contribution >= 0.6 is 0 Å². The number of hydrogen-bond donors (Lipinski definition) is 0. The Kier molecular flexibility index (Phi) is 4.20. The maximum Gasteiger partial charge on any atom is 0.410 e. The van der Waals surface area contributed by atoms with Crippen molar-refractivity contribution in [1.29, 1.82) is 0 Å². The van der Waals surface area contributed by atoms with Gasteiger partial charge in [-0.3, -0.25) is 0 Å². The van der Waals surface area contributed by atoms with Gasteiger partial charge in [-0.1, -0.05) is 0 Å². The van der Waals surface area contributed by atoms with Crippen molar-refractivity contribution in [2.45, 2.75) is 38.9 Å². The zero-order valence-corrected chi connectivity index (χ0v) is 9.16. The number of rotatable bonds is 2. The van der Waals surface area contributed by atoms with Crippen molar-refractivity contribution >= 4 is 6.09 Å². The van der Waals surface area contributed by atoms with E-state index in [4.69, 9.17) is 9.47 Å². The highest BCUT2D eigenvalue weighted by Crippen LogP contribution is 2.13. The standard InChI is InChI=1S/C10H19NO3/c1-8(2)14-10(12)11-6-4-9(13-3)5-7-11/h8-9H,4-7H2,1-3H3. The molecule has 0 unspecified atom stereocenters. The molecule has 0 spiro atoms. The number of methoxy groups -OCH3 is 1. The second kappa shape index (κ2) is 5.20. The molecule has 0 aliphatic carbocycles. The van der Waals surface area contributed by atoms with Gasteiger partial charge in [-0.15, -0.1) is 0 Å². The lowest BCUT2D eigenvalue weighted by Gasteiger charge is -2.30. The molecule has 14 heavy (non-hydrogen) atoms. The molecule has 1 aliphatic heterocycles. The minimum absolute atomic E-state index is 0.0392. The highest BCUT2D eigenvalue weighted by atomic mass is 16.6. The average molecular weight is 201 g/mol. The monoisotopic (exact) mass is 201 g/mol. The summed E-state index contributed by atoms with van der Waals surface area (Å²) in [5.41, 5.74) is 0. The van der Waals surface area contributed by atoms with E-state index in [0.29, 0.717) is 6.10 Å². The van der Waals surface area contributed by atoms with E-state index in [0.717, 1.165) is 25.9 Å². The van der Waals surface area contributed by atoms with Crippen LogP contribution in [0, 0.1) is 0 Å². The fourth-order valence-corrected chi connectivity index (χ4v) is 1.55. The molecule has 4 nitrogen and oxygen atoms in total. The Bertz CT molecular complexity index is 186. The van der Waals surface area contributed by atoms with Gasteiger partial charge in [0.05, 0.1) is 12.2 Å². The third-order valence-corrected chi connectivity index (χ3v) is 2.37. The topological polar surface area (TPSA) is 38.8 Å². The van der Waals surface area contributed by atoms with Gasteiger partial charge >= 0.3 is 6.09 Å². The predicted octanol–water partition coefficient (Wildman–Crippen LogP) is 1.64. The molecule has 0 bridgehead atoms. The molecule has 0 aromatic rings. The molecule has 1 saturated heterocycles. The van der Waals surface area contributed by atoms with E-state index in [1.165, 1.54) is 0 Å². The summed E-state index contributed by atoms with van der Waals surface area (Å²) in [5, 5.41) is 0.